The van der Waals surface area contributed by atoms with Crippen LogP contribution in [0.15, 0.2) is 23.2 Å². The van der Waals surface area contributed by atoms with Gasteiger partial charge in [-0.25, -0.2) is 13.1 Å². The standard InChI is InChI=1S/C16H25F3N4O3S.HI/c1-4-27(24,25)23-8-7-21-15(20-3)22-10-13-6-5-12(2)9-14(13)26-11-16(17,18)19;/h5-6,9,23H,4,7-8,10-11H2,1-3H3,(H2,20,21,22);1H. The summed E-state index contributed by atoms with van der Waals surface area (Å²) in [4.78, 5) is 3.99. The molecule has 0 amide bonds. The number of rotatable bonds is 9. The minimum Gasteiger partial charge on any atom is -0.484 e. The first-order valence-corrected chi connectivity index (χ1v) is 9.92. The van der Waals surface area contributed by atoms with Crippen molar-refractivity contribution in [2.75, 3.05) is 32.5 Å². The first kappa shape index (κ1) is 26.7. The normalized spacial score (nSPS) is 12.3. The summed E-state index contributed by atoms with van der Waals surface area (Å²) in [5, 5.41) is 5.87. The monoisotopic (exact) mass is 538 g/mol. The molecule has 0 aliphatic carbocycles. The molecular weight excluding hydrogens is 512 g/mol. The zero-order valence-electron chi connectivity index (χ0n) is 15.9. The van der Waals surface area contributed by atoms with Crippen LogP contribution in [0.3, 0.4) is 0 Å². The predicted molar refractivity (Wildman–Crippen MR) is 114 cm³/mol. The molecule has 3 N–H and O–H groups in total. The summed E-state index contributed by atoms with van der Waals surface area (Å²) in [5.74, 6) is 0.521. The van der Waals surface area contributed by atoms with Gasteiger partial charge in [0.05, 0.1) is 5.75 Å². The summed E-state index contributed by atoms with van der Waals surface area (Å²) >= 11 is 0. The molecule has 0 aromatic heterocycles. The van der Waals surface area contributed by atoms with Crippen LogP contribution >= 0.6 is 24.0 Å². The summed E-state index contributed by atoms with van der Waals surface area (Å²) in [7, 11) is -1.74. The molecule has 12 heteroatoms. The summed E-state index contributed by atoms with van der Waals surface area (Å²) in [6, 6.07) is 4.99. The van der Waals surface area contributed by atoms with Crippen molar-refractivity contribution in [1.82, 2.24) is 15.4 Å². The molecule has 0 spiro atoms. The van der Waals surface area contributed by atoms with Crippen LogP contribution in [-0.2, 0) is 16.6 Å². The number of aliphatic imine (C=N–C) groups is 1. The van der Waals surface area contributed by atoms with Crippen LogP contribution in [0, 0.1) is 6.92 Å². The highest BCUT2D eigenvalue weighted by molar-refractivity contribution is 14.0. The molecule has 0 heterocycles. The number of nitrogens with zero attached hydrogens (tertiary/aromatic N) is 1. The maximum Gasteiger partial charge on any atom is 0.422 e. The van der Waals surface area contributed by atoms with Crippen molar-refractivity contribution in [2.24, 2.45) is 4.99 Å². The van der Waals surface area contributed by atoms with Crippen LogP contribution in [0.25, 0.3) is 0 Å². The molecule has 0 aliphatic rings. The molecule has 1 aromatic rings. The maximum atomic E-state index is 12.4. The predicted octanol–water partition coefficient (Wildman–Crippen LogP) is 2.16. The second kappa shape index (κ2) is 12.3. The van der Waals surface area contributed by atoms with Crippen molar-refractivity contribution in [3.63, 3.8) is 0 Å². The molecule has 1 aromatic carbocycles. The number of hydrogen-bond donors (Lipinski definition) is 3. The van der Waals surface area contributed by atoms with Crippen LogP contribution in [-0.4, -0.2) is 53.1 Å². The van der Waals surface area contributed by atoms with E-state index in [1.807, 2.05) is 0 Å². The zero-order chi connectivity index (χ0) is 20.5. The molecule has 0 saturated heterocycles. The van der Waals surface area contributed by atoms with Crippen LogP contribution in [0.1, 0.15) is 18.1 Å². The molecule has 162 valence electrons. The third-order valence-electron chi connectivity index (χ3n) is 3.40. The van der Waals surface area contributed by atoms with Gasteiger partial charge in [0.2, 0.25) is 10.0 Å². The van der Waals surface area contributed by atoms with Gasteiger partial charge in [-0.3, -0.25) is 4.99 Å². The van der Waals surface area contributed by atoms with Crippen LogP contribution < -0.4 is 20.1 Å². The first-order valence-electron chi connectivity index (χ1n) is 8.27. The molecule has 1 rings (SSSR count). The Kier molecular flexibility index (Phi) is 11.8. The number of nitrogens with one attached hydrogen (secondary N) is 3. The third kappa shape index (κ3) is 10.9. The van der Waals surface area contributed by atoms with Crippen LogP contribution in [0.2, 0.25) is 0 Å². The van der Waals surface area contributed by atoms with Gasteiger partial charge in [-0.1, -0.05) is 12.1 Å². The average molecular weight is 538 g/mol. The van der Waals surface area contributed by atoms with E-state index in [-0.39, 0.29) is 48.6 Å². The summed E-state index contributed by atoms with van der Waals surface area (Å²) < 4.78 is 67.2. The Morgan fingerprint density at radius 1 is 1.21 bits per heavy atom. The summed E-state index contributed by atoms with van der Waals surface area (Å²) in [6.45, 7) is 2.60. The quantitative estimate of drug-likeness (QED) is 0.194. The Hall–Kier alpha value is -1.28. The van der Waals surface area contributed by atoms with E-state index in [2.05, 4.69) is 20.3 Å². The molecule has 0 atom stereocenters. The van der Waals surface area contributed by atoms with Crippen molar-refractivity contribution in [3.05, 3.63) is 29.3 Å². The van der Waals surface area contributed by atoms with Gasteiger partial charge in [0.15, 0.2) is 12.6 Å². The Labute approximate surface area is 180 Å². The molecule has 0 fully saturated rings. The van der Waals surface area contributed by atoms with Crippen molar-refractivity contribution in [3.8, 4) is 5.75 Å². The van der Waals surface area contributed by atoms with Crippen molar-refractivity contribution < 1.29 is 26.3 Å². The van der Waals surface area contributed by atoms with E-state index >= 15 is 0 Å². The second-order valence-corrected chi connectivity index (χ2v) is 7.76. The third-order valence-corrected chi connectivity index (χ3v) is 4.81. The van der Waals surface area contributed by atoms with Crippen LogP contribution in [0.5, 0.6) is 5.75 Å². The Morgan fingerprint density at radius 2 is 1.89 bits per heavy atom. The van der Waals surface area contributed by atoms with Gasteiger partial charge in [-0.2, -0.15) is 13.2 Å². The van der Waals surface area contributed by atoms with E-state index in [9.17, 15) is 21.6 Å². The second-order valence-electron chi connectivity index (χ2n) is 5.67. The van der Waals surface area contributed by atoms with Gasteiger partial charge < -0.3 is 15.4 Å². The zero-order valence-corrected chi connectivity index (χ0v) is 19.0. The average Bonchev–Trinajstić information content (AvgIpc) is 2.59. The van der Waals surface area contributed by atoms with E-state index in [0.717, 1.165) is 5.56 Å². The first-order chi connectivity index (χ1) is 12.6. The number of ether oxygens (including phenoxy) is 1. The van der Waals surface area contributed by atoms with Crippen LogP contribution in [0.4, 0.5) is 13.2 Å². The lowest BCUT2D eigenvalue weighted by atomic mass is 10.1. The molecule has 0 radical (unpaired) electrons. The number of hydrogen-bond acceptors (Lipinski definition) is 4. The highest BCUT2D eigenvalue weighted by Crippen LogP contribution is 2.23. The fourth-order valence-electron chi connectivity index (χ4n) is 1.99. The molecular formula is C16H26F3IN4O3S. The molecule has 0 saturated carbocycles. The lowest BCUT2D eigenvalue weighted by Crippen LogP contribution is -2.41. The molecule has 7 nitrogen and oxygen atoms in total. The smallest absolute Gasteiger partial charge is 0.422 e. The number of guanidine groups is 1. The lowest BCUT2D eigenvalue weighted by Gasteiger charge is -2.16. The van der Waals surface area contributed by atoms with Gasteiger partial charge in [-0.05, 0) is 25.5 Å². The Morgan fingerprint density at radius 3 is 2.46 bits per heavy atom. The van der Waals surface area contributed by atoms with E-state index < -0.39 is 22.8 Å². The highest BCUT2D eigenvalue weighted by Gasteiger charge is 2.28. The molecule has 0 unspecified atom stereocenters. The fraction of sp³-hybridized carbons (Fsp3) is 0.562. The van der Waals surface area contributed by atoms with E-state index in [4.69, 9.17) is 4.74 Å². The number of benzene rings is 1. The Balaban J connectivity index is 0.00000729. The number of halogens is 4. The number of aryl methyl sites for hydroxylation is 1. The molecule has 0 aliphatic heterocycles. The highest BCUT2D eigenvalue weighted by atomic mass is 127. The van der Waals surface area contributed by atoms with Gasteiger partial charge in [0.1, 0.15) is 5.75 Å². The van der Waals surface area contributed by atoms with E-state index in [1.165, 1.54) is 14.0 Å². The van der Waals surface area contributed by atoms with Gasteiger partial charge >= 0.3 is 6.18 Å². The van der Waals surface area contributed by atoms with Crippen molar-refractivity contribution in [1.29, 1.82) is 0 Å². The summed E-state index contributed by atoms with van der Waals surface area (Å²) in [5.41, 5.74) is 1.32. The minimum atomic E-state index is -4.42. The van der Waals surface area contributed by atoms with E-state index in [1.54, 1.807) is 25.1 Å². The molecule has 0 bridgehead atoms. The summed E-state index contributed by atoms with van der Waals surface area (Å²) in [6.07, 6.45) is -4.42. The fourth-order valence-corrected chi connectivity index (χ4v) is 2.61. The Bertz CT molecular complexity index is 743. The minimum absolute atomic E-state index is 0. The topological polar surface area (TPSA) is 91.8 Å². The largest absolute Gasteiger partial charge is 0.484 e. The van der Waals surface area contributed by atoms with Crippen molar-refractivity contribution in [2.45, 2.75) is 26.6 Å². The maximum absolute atomic E-state index is 12.4. The SMILES string of the molecule is CCS(=O)(=O)NCCNC(=NC)NCc1ccc(C)cc1OCC(F)(F)F.I. The van der Waals surface area contributed by atoms with Gasteiger partial charge in [0, 0.05) is 32.2 Å². The number of sulfonamides is 1. The van der Waals surface area contributed by atoms with Gasteiger partial charge in [0.25, 0.3) is 0 Å². The number of alkyl halides is 3. The van der Waals surface area contributed by atoms with Crippen molar-refractivity contribution >= 4 is 40.0 Å². The molecule has 28 heavy (non-hydrogen) atoms. The lowest BCUT2D eigenvalue weighted by molar-refractivity contribution is -0.153. The van der Waals surface area contributed by atoms with E-state index in [0.29, 0.717) is 18.1 Å². The van der Waals surface area contributed by atoms with Gasteiger partial charge in [-0.15, -0.1) is 24.0 Å².